The molecule has 1 aliphatic carbocycles. The predicted molar refractivity (Wildman–Crippen MR) is 67.5 cm³/mol. The van der Waals surface area contributed by atoms with Crippen molar-refractivity contribution < 1.29 is 15.0 Å². The van der Waals surface area contributed by atoms with E-state index in [1.807, 2.05) is 0 Å². The Morgan fingerprint density at radius 1 is 1.39 bits per heavy atom. The molecule has 5 nitrogen and oxygen atoms in total. The van der Waals surface area contributed by atoms with Crippen molar-refractivity contribution in [3.63, 3.8) is 0 Å². The Bertz CT molecular complexity index is 408. The van der Waals surface area contributed by atoms with Crippen LogP contribution in [0.1, 0.15) is 48.2 Å². The zero-order chi connectivity index (χ0) is 13.0. The molecular weight excluding hydrogens is 232 g/mol. The van der Waals surface area contributed by atoms with Gasteiger partial charge in [-0.2, -0.15) is 0 Å². The van der Waals surface area contributed by atoms with Crippen LogP contribution in [0, 0.1) is 0 Å². The van der Waals surface area contributed by atoms with E-state index in [9.17, 15) is 9.90 Å². The number of nitrogens with one attached hydrogen (secondary N) is 2. The third-order valence-electron chi connectivity index (χ3n) is 3.82. The van der Waals surface area contributed by atoms with Crippen molar-refractivity contribution in [3.05, 3.63) is 23.5 Å². The molecule has 1 heterocycles. The molecule has 0 unspecified atom stereocenters. The van der Waals surface area contributed by atoms with Gasteiger partial charge in [0.15, 0.2) is 0 Å². The van der Waals surface area contributed by atoms with Gasteiger partial charge in [-0.3, -0.25) is 0 Å². The number of aromatic amines is 1. The Morgan fingerprint density at radius 2 is 2.11 bits per heavy atom. The van der Waals surface area contributed by atoms with Crippen molar-refractivity contribution in [2.45, 2.75) is 44.2 Å². The highest BCUT2D eigenvalue weighted by Crippen LogP contribution is 2.28. The summed E-state index contributed by atoms with van der Waals surface area (Å²) >= 11 is 0. The molecule has 1 aliphatic rings. The van der Waals surface area contributed by atoms with E-state index < -0.39 is 5.97 Å². The van der Waals surface area contributed by atoms with E-state index >= 15 is 0 Å². The summed E-state index contributed by atoms with van der Waals surface area (Å²) in [6.45, 7) is 0.561. The third kappa shape index (κ3) is 2.73. The van der Waals surface area contributed by atoms with E-state index in [4.69, 9.17) is 5.11 Å². The SMILES string of the molecule is O=C(O)c1cc[nH]c1CNC1(CO)CCCCC1. The first-order chi connectivity index (χ1) is 8.67. The predicted octanol–water partition coefficient (Wildman–Crippen LogP) is 1.50. The number of rotatable bonds is 5. The van der Waals surface area contributed by atoms with Crippen LogP contribution in [-0.2, 0) is 6.54 Å². The van der Waals surface area contributed by atoms with E-state index in [-0.39, 0.29) is 12.1 Å². The van der Waals surface area contributed by atoms with Gasteiger partial charge < -0.3 is 20.5 Å². The van der Waals surface area contributed by atoms with Crippen molar-refractivity contribution >= 4 is 5.97 Å². The first-order valence-electron chi connectivity index (χ1n) is 6.42. The summed E-state index contributed by atoms with van der Waals surface area (Å²) in [5.74, 6) is -0.922. The number of carboxylic acids is 1. The molecule has 18 heavy (non-hydrogen) atoms. The van der Waals surface area contributed by atoms with Crippen molar-refractivity contribution in [2.24, 2.45) is 0 Å². The minimum absolute atomic E-state index is 0.107. The summed E-state index contributed by atoms with van der Waals surface area (Å²) in [7, 11) is 0. The first-order valence-corrected chi connectivity index (χ1v) is 6.42. The largest absolute Gasteiger partial charge is 0.478 e. The second-order valence-corrected chi connectivity index (χ2v) is 5.03. The van der Waals surface area contributed by atoms with Gasteiger partial charge in [-0.1, -0.05) is 19.3 Å². The lowest BCUT2D eigenvalue weighted by Crippen LogP contribution is -2.49. The molecule has 5 heteroatoms. The fraction of sp³-hybridized carbons (Fsp3) is 0.615. The fourth-order valence-electron chi connectivity index (χ4n) is 2.65. The van der Waals surface area contributed by atoms with Crippen molar-refractivity contribution in [2.75, 3.05) is 6.61 Å². The monoisotopic (exact) mass is 252 g/mol. The van der Waals surface area contributed by atoms with Crippen LogP contribution in [0.15, 0.2) is 12.3 Å². The van der Waals surface area contributed by atoms with Crippen LogP contribution in [-0.4, -0.2) is 33.3 Å². The summed E-state index contributed by atoms with van der Waals surface area (Å²) in [6.07, 6.45) is 6.98. The van der Waals surface area contributed by atoms with Gasteiger partial charge in [-0.15, -0.1) is 0 Å². The summed E-state index contributed by atoms with van der Waals surface area (Å²) in [6, 6.07) is 1.56. The second-order valence-electron chi connectivity index (χ2n) is 5.03. The molecule has 0 saturated heterocycles. The maximum Gasteiger partial charge on any atom is 0.337 e. The smallest absolute Gasteiger partial charge is 0.337 e. The molecule has 0 aromatic carbocycles. The molecule has 1 aromatic rings. The molecule has 1 saturated carbocycles. The summed E-state index contributed by atoms with van der Waals surface area (Å²) < 4.78 is 0. The molecule has 100 valence electrons. The van der Waals surface area contributed by atoms with Gasteiger partial charge >= 0.3 is 5.97 Å². The van der Waals surface area contributed by atoms with Crippen LogP contribution in [0.5, 0.6) is 0 Å². The fourth-order valence-corrected chi connectivity index (χ4v) is 2.65. The number of aliphatic hydroxyl groups is 1. The molecule has 1 fully saturated rings. The molecule has 0 aliphatic heterocycles. The van der Waals surface area contributed by atoms with E-state index in [1.54, 1.807) is 12.3 Å². The van der Waals surface area contributed by atoms with Crippen LogP contribution < -0.4 is 5.32 Å². The number of H-pyrrole nitrogens is 1. The first kappa shape index (κ1) is 13.1. The minimum atomic E-state index is -0.922. The lowest BCUT2D eigenvalue weighted by molar-refractivity contribution is 0.0694. The molecule has 0 atom stereocenters. The van der Waals surface area contributed by atoms with E-state index in [0.717, 1.165) is 25.7 Å². The Kier molecular flexibility index (Phi) is 4.04. The van der Waals surface area contributed by atoms with Crippen LogP contribution in [0.4, 0.5) is 0 Å². The molecule has 4 N–H and O–H groups in total. The minimum Gasteiger partial charge on any atom is -0.478 e. The van der Waals surface area contributed by atoms with Crippen LogP contribution >= 0.6 is 0 Å². The van der Waals surface area contributed by atoms with Gasteiger partial charge in [0.05, 0.1) is 12.2 Å². The normalized spacial score (nSPS) is 18.7. The average Bonchev–Trinajstić information content (AvgIpc) is 2.86. The molecule has 0 bridgehead atoms. The number of aromatic nitrogens is 1. The Morgan fingerprint density at radius 3 is 2.72 bits per heavy atom. The number of aromatic carboxylic acids is 1. The van der Waals surface area contributed by atoms with Crippen molar-refractivity contribution in [1.82, 2.24) is 10.3 Å². The highest BCUT2D eigenvalue weighted by Gasteiger charge is 2.31. The van der Waals surface area contributed by atoms with Gasteiger partial charge in [0.1, 0.15) is 0 Å². The standard InChI is InChI=1S/C13H20N2O3/c16-9-13(5-2-1-3-6-13)15-8-11-10(12(17)18)4-7-14-11/h4,7,14-16H,1-3,5-6,8-9H2,(H,17,18). The van der Waals surface area contributed by atoms with Gasteiger partial charge in [0, 0.05) is 24.0 Å². The van der Waals surface area contributed by atoms with E-state index in [1.165, 1.54) is 6.42 Å². The van der Waals surface area contributed by atoms with Crippen LogP contribution in [0.2, 0.25) is 0 Å². The van der Waals surface area contributed by atoms with E-state index in [2.05, 4.69) is 10.3 Å². The molecule has 0 amide bonds. The van der Waals surface area contributed by atoms with Gasteiger partial charge in [0.25, 0.3) is 0 Å². The van der Waals surface area contributed by atoms with Gasteiger partial charge in [-0.05, 0) is 18.9 Å². The zero-order valence-corrected chi connectivity index (χ0v) is 10.4. The van der Waals surface area contributed by atoms with E-state index in [0.29, 0.717) is 17.8 Å². The Balaban J connectivity index is 2.01. The molecular formula is C13H20N2O3. The third-order valence-corrected chi connectivity index (χ3v) is 3.82. The van der Waals surface area contributed by atoms with Crippen LogP contribution in [0.3, 0.4) is 0 Å². The molecule has 2 rings (SSSR count). The highest BCUT2D eigenvalue weighted by molar-refractivity contribution is 5.88. The van der Waals surface area contributed by atoms with Gasteiger partial charge in [-0.25, -0.2) is 4.79 Å². The summed E-state index contributed by atoms with van der Waals surface area (Å²) in [4.78, 5) is 13.9. The maximum atomic E-state index is 11.0. The Hall–Kier alpha value is -1.33. The summed E-state index contributed by atoms with van der Waals surface area (Å²) in [5.41, 5.74) is 0.728. The number of hydrogen-bond acceptors (Lipinski definition) is 3. The Labute approximate surface area is 106 Å². The highest BCUT2D eigenvalue weighted by atomic mass is 16.4. The maximum absolute atomic E-state index is 11.0. The average molecular weight is 252 g/mol. The topological polar surface area (TPSA) is 85.3 Å². The second kappa shape index (κ2) is 5.54. The summed E-state index contributed by atoms with van der Waals surface area (Å²) in [5, 5.41) is 21.9. The zero-order valence-electron chi connectivity index (χ0n) is 10.4. The number of hydrogen-bond donors (Lipinski definition) is 4. The number of carbonyl (C=O) groups is 1. The molecule has 0 spiro atoms. The van der Waals surface area contributed by atoms with Crippen LogP contribution in [0.25, 0.3) is 0 Å². The van der Waals surface area contributed by atoms with Crippen molar-refractivity contribution in [1.29, 1.82) is 0 Å². The quantitative estimate of drug-likeness (QED) is 0.639. The van der Waals surface area contributed by atoms with Gasteiger partial charge in [0.2, 0.25) is 0 Å². The lowest BCUT2D eigenvalue weighted by Gasteiger charge is -2.36. The molecule has 1 aromatic heterocycles. The van der Waals surface area contributed by atoms with Crippen molar-refractivity contribution in [3.8, 4) is 0 Å². The number of carboxylic acid groups (broad SMARTS) is 1. The molecule has 0 radical (unpaired) electrons. The lowest BCUT2D eigenvalue weighted by atomic mass is 9.82. The number of aliphatic hydroxyl groups excluding tert-OH is 1.